The molecule has 0 aliphatic rings. The van der Waals surface area contributed by atoms with Gasteiger partial charge in [-0.1, -0.05) is 0 Å². The van der Waals surface area contributed by atoms with Crippen LogP contribution in [0.1, 0.15) is 11.8 Å². The molecule has 17 heavy (non-hydrogen) atoms. The second-order valence-electron chi connectivity index (χ2n) is 3.22. The van der Waals surface area contributed by atoms with Crippen molar-refractivity contribution in [2.75, 3.05) is 0 Å². The van der Waals surface area contributed by atoms with Crippen LogP contribution in [0.2, 0.25) is 0 Å². The summed E-state index contributed by atoms with van der Waals surface area (Å²) in [6.45, 7) is 0. The molecule has 1 heterocycles. The first-order chi connectivity index (χ1) is 7.52. The summed E-state index contributed by atoms with van der Waals surface area (Å²) in [5, 5.41) is 8.87. The fourth-order valence-electron chi connectivity index (χ4n) is 1.07. The van der Waals surface area contributed by atoms with Crippen molar-refractivity contribution >= 4 is 0 Å². The van der Waals surface area contributed by atoms with Gasteiger partial charge in [0.05, 0.1) is 5.69 Å². The van der Waals surface area contributed by atoms with E-state index in [1.165, 1.54) is 0 Å². The number of aliphatic hydroxyl groups excluding tert-OH is 1. The van der Waals surface area contributed by atoms with Gasteiger partial charge in [0.25, 0.3) is 0 Å². The van der Waals surface area contributed by atoms with Crippen LogP contribution in [-0.2, 0) is 0 Å². The third-order valence-electron chi connectivity index (χ3n) is 2.03. The molecule has 0 fully saturated rings. The molecule has 0 aromatic carbocycles. The Labute approximate surface area is 90.1 Å². The molecule has 0 saturated carbocycles. The van der Waals surface area contributed by atoms with E-state index in [9.17, 15) is 30.7 Å². The summed E-state index contributed by atoms with van der Waals surface area (Å²) in [4.78, 5) is 1.94. The second kappa shape index (κ2) is 3.90. The molecule has 2 N–H and O–H groups in total. The van der Waals surface area contributed by atoms with Crippen molar-refractivity contribution in [3.05, 3.63) is 24.0 Å². The molecule has 0 aliphatic heterocycles. The topological polar surface area (TPSA) is 36.0 Å². The molecule has 0 saturated heterocycles. The molecule has 2 nitrogen and oxygen atoms in total. The lowest BCUT2D eigenvalue weighted by atomic mass is 10.0. The zero-order chi connectivity index (χ0) is 13.5. The monoisotopic (exact) mass is 265 g/mol. The van der Waals surface area contributed by atoms with Gasteiger partial charge in [-0.3, -0.25) is 0 Å². The maximum absolute atomic E-state index is 12.9. The number of aromatic amines is 1. The first-order valence-electron chi connectivity index (χ1n) is 4.15. The highest BCUT2D eigenvalue weighted by atomic mass is 19.4. The van der Waals surface area contributed by atoms with Crippen LogP contribution in [0.5, 0.6) is 0 Å². The number of alkyl halides is 7. The van der Waals surface area contributed by atoms with Gasteiger partial charge in [-0.05, 0) is 12.1 Å². The van der Waals surface area contributed by atoms with Crippen LogP contribution in [-0.4, -0.2) is 28.1 Å². The number of hydrogen-bond acceptors (Lipinski definition) is 1. The van der Waals surface area contributed by atoms with Crippen LogP contribution >= 0.6 is 0 Å². The molecule has 0 amide bonds. The van der Waals surface area contributed by atoms with E-state index in [2.05, 4.69) is 0 Å². The fourth-order valence-corrected chi connectivity index (χ4v) is 1.07. The molecular weight excluding hydrogens is 259 g/mol. The van der Waals surface area contributed by atoms with E-state index in [1.54, 1.807) is 0 Å². The quantitative estimate of drug-likeness (QED) is 0.810. The summed E-state index contributed by atoms with van der Waals surface area (Å²) in [6.07, 6.45) is -8.74. The summed E-state index contributed by atoms with van der Waals surface area (Å²) in [5.41, 5.74) is -0.834. The van der Waals surface area contributed by atoms with E-state index in [0.717, 1.165) is 18.3 Å². The summed E-state index contributed by atoms with van der Waals surface area (Å²) >= 11 is 0. The molecule has 1 unspecified atom stereocenters. The lowest BCUT2D eigenvalue weighted by Crippen LogP contribution is -2.54. The molecule has 0 bridgehead atoms. The molecule has 98 valence electrons. The predicted octanol–water partition coefficient (Wildman–Crippen LogP) is 2.88. The van der Waals surface area contributed by atoms with Gasteiger partial charge in [-0.2, -0.15) is 30.7 Å². The van der Waals surface area contributed by atoms with E-state index in [4.69, 9.17) is 5.11 Å². The minimum Gasteiger partial charge on any atom is -0.380 e. The van der Waals surface area contributed by atoms with E-state index in [-0.39, 0.29) is 0 Å². The lowest BCUT2D eigenvalue weighted by Gasteiger charge is -2.31. The van der Waals surface area contributed by atoms with Crippen molar-refractivity contribution in [1.82, 2.24) is 4.98 Å². The van der Waals surface area contributed by atoms with Crippen LogP contribution in [0.3, 0.4) is 0 Å². The molecule has 1 aromatic heterocycles. The number of aromatic nitrogens is 1. The number of H-pyrrole nitrogens is 1. The molecule has 0 spiro atoms. The minimum absolute atomic E-state index is 0.769. The first kappa shape index (κ1) is 13.8. The van der Waals surface area contributed by atoms with Gasteiger partial charge in [0.1, 0.15) is 0 Å². The Hall–Kier alpha value is -1.25. The average molecular weight is 265 g/mol. The van der Waals surface area contributed by atoms with E-state index in [1.807, 2.05) is 4.98 Å². The Bertz CT molecular complexity index is 370. The summed E-state index contributed by atoms with van der Waals surface area (Å²) in [6, 6.07) is 1.84. The van der Waals surface area contributed by atoms with Gasteiger partial charge in [0.15, 0.2) is 6.10 Å². The Kier molecular flexibility index (Phi) is 3.17. The largest absolute Gasteiger partial charge is 0.459 e. The normalized spacial score (nSPS) is 16.0. The Balaban J connectivity index is 3.11. The number of rotatable bonds is 3. The van der Waals surface area contributed by atoms with Crippen molar-refractivity contribution in [3.63, 3.8) is 0 Å². The summed E-state index contributed by atoms with van der Waals surface area (Å²) < 4.78 is 86.2. The van der Waals surface area contributed by atoms with Gasteiger partial charge in [-0.25, -0.2) is 0 Å². The number of halogens is 7. The average Bonchev–Trinajstić information content (AvgIpc) is 2.66. The molecule has 0 aliphatic carbocycles. The highest BCUT2D eigenvalue weighted by Gasteiger charge is 2.75. The van der Waals surface area contributed by atoms with Crippen molar-refractivity contribution in [1.29, 1.82) is 0 Å². The summed E-state index contributed by atoms with van der Waals surface area (Å²) in [5.74, 6) is -12.0. The van der Waals surface area contributed by atoms with Crippen LogP contribution in [0.15, 0.2) is 18.3 Å². The maximum Gasteiger partial charge on any atom is 0.459 e. The predicted molar refractivity (Wildman–Crippen MR) is 41.7 cm³/mol. The Morgan fingerprint density at radius 1 is 1.06 bits per heavy atom. The van der Waals surface area contributed by atoms with Gasteiger partial charge in [0, 0.05) is 6.20 Å². The minimum atomic E-state index is -6.45. The third kappa shape index (κ3) is 2.11. The second-order valence-corrected chi connectivity index (χ2v) is 3.22. The highest BCUT2D eigenvalue weighted by molar-refractivity contribution is 5.13. The van der Waals surface area contributed by atoms with Crippen molar-refractivity contribution < 1.29 is 35.8 Å². The Morgan fingerprint density at radius 2 is 1.59 bits per heavy atom. The highest BCUT2D eigenvalue weighted by Crippen LogP contribution is 2.51. The van der Waals surface area contributed by atoms with E-state index >= 15 is 0 Å². The zero-order valence-electron chi connectivity index (χ0n) is 7.90. The van der Waals surface area contributed by atoms with Gasteiger partial charge < -0.3 is 10.1 Å². The maximum atomic E-state index is 12.9. The van der Waals surface area contributed by atoms with E-state index in [0.29, 0.717) is 0 Å². The fraction of sp³-hybridized carbons (Fsp3) is 0.500. The zero-order valence-corrected chi connectivity index (χ0v) is 7.90. The number of aliphatic hydroxyl groups is 1. The van der Waals surface area contributed by atoms with Gasteiger partial charge in [0.2, 0.25) is 0 Å². The SMILES string of the molecule is OC(c1ccc[nH]1)C(F)(F)C(F)(F)C(F)(F)F. The third-order valence-corrected chi connectivity index (χ3v) is 2.03. The standard InChI is InChI=1S/C8H6F7NO/c9-6(10,7(11,12)8(13,14)15)5(17)4-2-1-3-16-4/h1-3,5,16-17H. The molecule has 1 rings (SSSR count). The van der Waals surface area contributed by atoms with Crippen LogP contribution < -0.4 is 0 Å². The number of hydrogen-bond donors (Lipinski definition) is 2. The smallest absolute Gasteiger partial charge is 0.380 e. The molecule has 0 radical (unpaired) electrons. The molecule has 1 atom stereocenters. The van der Waals surface area contributed by atoms with Crippen LogP contribution in [0.25, 0.3) is 0 Å². The lowest BCUT2D eigenvalue weighted by molar-refractivity contribution is -0.372. The Morgan fingerprint density at radius 3 is 1.94 bits per heavy atom. The summed E-state index contributed by atoms with van der Waals surface area (Å²) in [7, 11) is 0. The number of nitrogens with one attached hydrogen (secondary N) is 1. The molecule has 1 aromatic rings. The van der Waals surface area contributed by atoms with Crippen LogP contribution in [0.4, 0.5) is 30.7 Å². The van der Waals surface area contributed by atoms with Gasteiger partial charge >= 0.3 is 18.0 Å². The molecular formula is C8H6F7NO. The van der Waals surface area contributed by atoms with Crippen molar-refractivity contribution in [2.24, 2.45) is 0 Å². The van der Waals surface area contributed by atoms with Crippen molar-refractivity contribution in [2.45, 2.75) is 24.1 Å². The molecule has 9 heteroatoms. The van der Waals surface area contributed by atoms with E-state index < -0.39 is 29.8 Å². The van der Waals surface area contributed by atoms with Crippen LogP contribution in [0, 0.1) is 0 Å². The first-order valence-corrected chi connectivity index (χ1v) is 4.15. The van der Waals surface area contributed by atoms with Gasteiger partial charge in [-0.15, -0.1) is 0 Å². The van der Waals surface area contributed by atoms with Crippen molar-refractivity contribution in [3.8, 4) is 0 Å².